The molecule has 0 bridgehead atoms. The summed E-state index contributed by atoms with van der Waals surface area (Å²) < 4.78 is 0. The monoisotopic (exact) mass is 310 g/mol. The Labute approximate surface area is 129 Å². The van der Waals surface area contributed by atoms with Crippen molar-refractivity contribution in [1.82, 2.24) is 4.90 Å². The van der Waals surface area contributed by atoms with Crippen LogP contribution in [0, 0.1) is 10.1 Å². The zero-order chi connectivity index (χ0) is 15.4. The Bertz CT molecular complexity index is 498. The molecule has 1 aliphatic rings. The predicted molar refractivity (Wildman–Crippen MR) is 85.6 cm³/mol. The van der Waals surface area contributed by atoms with E-state index in [4.69, 9.17) is 0 Å². The summed E-state index contributed by atoms with van der Waals surface area (Å²) in [6.45, 7) is 0.503. The summed E-state index contributed by atoms with van der Waals surface area (Å²) in [4.78, 5) is 12.6. The van der Waals surface area contributed by atoms with Gasteiger partial charge in [-0.1, -0.05) is 18.6 Å². The second kappa shape index (κ2) is 7.24. The van der Waals surface area contributed by atoms with Crippen LogP contribution in [0.3, 0.4) is 0 Å². The molecule has 116 valence electrons. The first-order valence-electron chi connectivity index (χ1n) is 7.18. The van der Waals surface area contributed by atoms with Gasteiger partial charge in [-0.3, -0.25) is 15.0 Å². The third-order valence-corrected chi connectivity index (χ3v) is 5.37. The van der Waals surface area contributed by atoms with E-state index in [0.717, 1.165) is 6.42 Å². The minimum absolute atomic E-state index is 0.0251. The minimum atomic E-state index is -0.696. The average Bonchev–Trinajstić information content (AvgIpc) is 2.95. The lowest BCUT2D eigenvalue weighted by Crippen LogP contribution is -2.38. The number of likely N-dealkylation sites (N-methyl/N-ethyl adjacent to an activating group) is 1. The lowest BCUT2D eigenvalue weighted by molar-refractivity contribution is -0.385. The van der Waals surface area contributed by atoms with Crippen LogP contribution in [0.2, 0.25) is 0 Å². The molecule has 1 saturated carbocycles. The molecule has 6 heteroatoms. The molecular formula is C15H22N2O3S. The zero-order valence-electron chi connectivity index (χ0n) is 12.4. The van der Waals surface area contributed by atoms with Crippen molar-refractivity contribution >= 4 is 17.4 Å². The van der Waals surface area contributed by atoms with Gasteiger partial charge in [0.05, 0.1) is 11.0 Å². The van der Waals surface area contributed by atoms with Crippen molar-refractivity contribution < 1.29 is 10.0 Å². The van der Waals surface area contributed by atoms with E-state index in [1.165, 1.54) is 25.0 Å². The van der Waals surface area contributed by atoms with Gasteiger partial charge < -0.3 is 5.11 Å². The van der Waals surface area contributed by atoms with Crippen LogP contribution in [0.4, 0.5) is 5.69 Å². The van der Waals surface area contributed by atoms with Crippen LogP contribution in [0.15, 0.2) is 24.3 Å². The number of hydrogen-bond donors (Lipinski definition) is 1. The van der Waals surface area contributed by atoms with Gasteiger partial charge in [0.25, 0.3) is 5.69 Å². The molecule has 5 nitrogen and oxygen atoms in total. The van der Waals surface area contributed by atoms with E-state index in [1.54, 1.807) is 12.1 Å². The third-order valence-electron chi connectivity index (χ3n) is 4.21. The van der Waals surface area contributed by atoms with Crippen molar-refractivity contribution in [2.24, 2.45) is 0 Å². The Kier molecular flexibility index (Phi) is 5.61. The van der Waals surface area contributed by atoms with Gasteiger partial charge in [0.1, 0.15) is 0 Å². The highest BCUT2D eigenvalue weighted by molar-refractivity contribution is 7.99. The SMILES string of the molecule is CS[C@@H]1CCC[C@@H]1N(C)C[C@@H](O)c1cccc([N+](=O)[O-])c1. The number of nitro benzene ring substituents is 1. The van der Waals surface area contributed by atoms with Crippen LogP contribution in [0.5, 0.6) is 0 Å². The second-order valence-corrected chi connectivity index (χ2v) is 6.66. The first kappa shape index (κ1) is 16.3. The highest BCUT2D eigenvalue weighted by Gasteiger charge is 2.30. The molecule has 1 aliphatic carbocycles. The van der Waals surface area contributed by atoms with Crippen LogP contribution < -0.4 is 0 Å². The lowest BCUT2D eigenvalue weighted by Gasteiger charge is -2.30. The van der Waals surface area contributed by atoms with Gasteiger partial charge in [-0.05, 0) is 31.7 Å². The fourth-order valence-electron chi connectivity index (χ4n) is 3.04. The van der Waals surface area contributed by atoms with Crippen LogP contribution in [-0.2, 0) is 0 Å². The Balaban J connectivity index is 2.02. The van der Waals surface area contributed by atoms with E-state index in [-0.39, 0.29) is 5.69 Å². The van der Waals surface area contributed by atoms with Crippen LogP contribution in [0.25, 0.3) is 0 Å². The number of non-ortho nitro benzene ring substituents is 1. The van der Waals surface area contributed by atoms with E-state index in [9.17, 15) is 15.2 Å². The average molecular weight is 310 g/mol. The number of nitro groups is 1. The molecule has 1 aromatic carbocycles. The number of aliphatic hydroxyl groups is 1. The highest BCUT2D eigenvalue weighted by Crippen LogP contribution is 2.32. The van der Waals surface area contributed by atoms with Gasteiger partial charge in [-0.15, -0.1) is 0 Å². The predicted octanol–water partition coefficient (Wildman–Crippen LogP) is 2.84. The van der Waals surface area contributed by atoms with Gasteiger partial charge in [0.2, 0.25) is 0 Å². The smallest absolute Gasteiger partial charge is 0.269 e. The number of rotatable bonds is 6. The van der Waals surface area contributed by atoms with Gasteiger partial charge >= 0.3 is 0 Å². The number of aliphatic hydroxyl groups excluding tert-OH is 1. The summed E-state index contributed by atoms with van der Waals surface area (Å²) in [5.74, 6) is 0. The zero-order valence-corrected chi connectivity index (χ0v) is 13.3. The van der Waals surface area contributed by atoms with E-state index < -0.39 is 11.0 Å². The quantitative estimate of drug-likeness (QED) is 0.646. The first-order valence-corrected chi connectivity index (χ1v) is 8.47. The van der Waals surface area contributed by atoms with Crippen molar-refractivity contribution in [3.8, 4) is 0 Å². The van der Waals surface area contributed by atoms with Crippen molar-refractivity contribution in [2.75, 3.05) is 19.8 Å². The van der Waals surface area contributed by atoms with E-state index in [2.05, 4.69) is 11.2 Å². The molecule has 0 aliphatic heterocycles. The Morgan fingerprint density at radius 1 is 1.52 bits per heavy atom. The summed E-state index contributed by atoms with van der Waals surface area (Å²) >= 11 is 1.89. The molecule has 0 unspecified atom stereocenters. The Morgan fingerprint density at radius 2 is 2.29 bits per heavy atom. The molecule has 1 fully saturated rings. The molecule has 3 atom stereocenters. The number of thioether (sulfide) groups is 1. The Hall–Kier alpha value is -1.11. The largest absolute Gasteiger partial charge is 0.387 e. The molecule has 2 rings (SSSR count). The van der Waals surface area contributed by atoms with E-state index in [1.807, 2.05) is 18.8 Å². The molecule has 1 N–H and O–H groups in total. The maximum atomic E-state index is 10.8. The van der Waals surface area contributed by atoms with Crippen molar-refractivity contribution in [1.29, 1.82) is 0 Å². The fraction of sp³-hybridized carbons (Fsp3) is 0.600. The number of hydrogen-bond acceptors (Lipinski definition) is 5. The minimum Gasteiger partial charge on any atom is -0.387 e. The number of nitrogens with zero attached hydrogens (tertiary/aromatic N) is 2. The summed E-state index contributed by atoms with van der Waals surface area (Å²) in [6.07, 6.45) is 5.05. The summed E-state index contributed by atoms with van der Waals surface area (Å²) in [5, 5.41) is 21.8. The molecule has 0 saturated heterocycles. The fourth-order valence-corrected chi connectivity index (χ4v) is 4.11. The highest BCUT2D eigenvalue weighted by atomic mass is 32.2. The molecule has 1 aromatic rings. The third kappa shape index (κ3) is 3.96. The maximum absolute atomic E-state index is 10.8. The lowest BCUT2D eigenvalue weighted by atomic mass is 10.1. The van der Waals surface area contributed by atoms with Gasteiger partial charge in [-0.2, -0.15) is 11.8 Å². The summed E-state index contributed by atoms with van der Waals surface area (Å²) in [6, 6.07) is 6.75. The summed E-state index contributed by atoms with van der Waals surface area (Å²) in [7, 11) is 2.03. The molecule has 0 heterocycles. The van der Waals surface area contributed by atoms with Crippen LogP contribution in [0.1, 0.15) is 30.9 Å². The molecular weight excluding hydrogens is 288 g/mol. The number of benzene rings is 1. The molecule has 0 spiro atoms. The topological polar surface area (TPSA) is 66.6 Å². The Morgan fingerprint density at radius 3 is 2.95 bits per heavy atom. The maximum Gasteiger partial charge on any atom is 0.269 e. The van der Waals surface area contributed by atoms with E-state index in [0.29, 0.717) is 23.4 Å². The standard InChI is InChI=1S/C15H22N2O3S/c1-16(13-7-4-8-15(13)21-2)10-14(18)11-5-3-6-12(9-11)17(19)20/h3,5-6,9,13-15,18H,4,7-8,10H2,1-2H3/t13-,14+,15+/m0/s1. The van der Waals surface area contributed by atoms with E-state index >= 15 is 0 Å². The summed E-state index contributed by atoms with van der Waals surface area (Å²) in [5.41, 5.74) is 0.631. The van der Waals surface area contributed by atoms with Gasteiger partial charge in [-0.25, -0.2) is 0 Å². The van der Waals surface area contributed by atoms with Crippen molar-refractivity contribution in [2.45, 2.75) is 36.7 Å². The van der Waals surface area contributed by atoms with Crippen LogP contribution >= 0.6 is 11.8 Å². The molecule has 0 aromatic heterocycles. The van der Waals surface area contributed by atoms with Gasteiger partial charge in [0, 0.05) is 30.0 Å². The van der Waals surface area contributed by atoms with Gasteiger partial charge in [0.15, 0.2) is 0 Å². The van der Waals surface area contributed by atoms with Crippen molar-refractivity contribution in [3.05, 3.63) is 39.9 Å². The first-order chi connectivity index (χ1) is 10.0. The van der Waals surface area contributed by atoms with Crippen LogP contribution in [-0.4, -0.2) is 46.1 Å². The van der Waals surface area contributed by atoms with Crippen molar-refractivity contribution in [3.63, 3.8) is 0 Å². The normalized spacial score (nSPS) is 23.4. The molecule has 0 radical (unpaired) electrons. The second-order valence-electron chi connectivity index (χ2n) is 5.58. The molecule has 0 amide bonds. The molecule has 21 heavy (non-hydrogen) atoms.